The molecule has 1 fully saturated rings. The fraction of sp³-hybridized carbons (Fsp3) is 0.452. The van der Waals surface area contributed by atoms with Crippen LogP contribution in [0.15, 0.2) is 48.0 Å². The zero-order valence-electron chi connectivity index (χ0n) is 23.7. The van der Waals surface area contributed by atoms with Crippen LogP contribution in [0.3, 0.4) is 0 Å². The first-order chi connectivity index (χ1) is 20.4. The molecule has 3 aliphatic rings. The lowest BCUT2D eigenvalue weighted by atomic mass is 9.77. The maximum Gasteiger partial charge on any atom is 0.252 e. The summed E-state index contributed by atoms with van der Waals surface area (Å²) in [5, 5.41) is 23.9. The van der Waals surface area contributed by atoms with Gasteiger partial charge < -0.3 is 39.4 Å². The number of hydrogen-bond donors (Lipinski definition) is 3. The van der Waals surface area contributed by atoms with Gasteiger partial charge in [-0.05, 0) is 49.1 Å². The second-order valence-electron chi connectivity index (χ2n) is 10.5. The van der Waals surface area contributed by atoms with Crippen molar-refractivity contribution in [2.24, 2.45) is 0 Å². The van der Waals surface area contributed by atoms with E-state index >= 15 is 0 Å². The van der Waals surface area contributed by atoms with Crippen LogP contribution in [0.1, 0.15) is 40.2 Å². The van der Waals surface area contributed by atoms with Gasteiger partial charge in [0, 0.05) is 36.4 Å². The van der Waals surface area contributed by atoms with E-state index in [1.807, 2.05) is 24.3 Å². The summed E-state index contributed by atoms with van der Waals surface area (Å²) in [5.41, 5.74) is 1.99. The zero-order valence-corrected chi connectivity index (χ0v) is 23.7. The number of aldehydes is 1. The number of methoxy groups -OCH3 is 2. The number of para-hydroxylation sites is 1. The lowest BCUT2D eigenvalue weighted by Gasteiger charge is -2.41. The monoisotopic (exact) mass is 580 g/mol. The van der Waals surface area contributed by atoms with Gasteiger partial charge in [-0.3, -0.25) is 14.4 Å². The average molecular weight is 581 g/mol. The summed E-state index contributed by atoms with van der Waals surface area (Å²) in [6, 6.07) is 9.72. The van der Waals surface area contributed by atoms with Crippen molar-refractivity contribution in [3.05, 3.63) is 64.7 Å². The van der Waals surface area contributed by atoms with Crippen LogP contribution in [0.4, 0.5) is 0 Å². The Kier molecular flexibility index (Phi) is 9.10. The molecule has 0 bridgehead atoms. The number of fused-ring (bicyclic) bond motifs is 3. The van der Waals surface area contributed by atoms with Gasteiger partial charge in [0.05, 0.1) is 32.8 Å². The van der Waals surface area contributed by atoms with Gasteiger partial charge in [0.1, 0.15) is 30.3 Å². The van der Waals surface area contributed by atoms with Crippen molar-refractivity contribution in [3.8, 4) is 17.2 Å². The van der Waals surface area contributed by atoms with Crippen LogP contribution in [-0.2, 0) is 20.7 Å². The fourth-order valence-electron chi connectivity index (χ4n) is 6.07. The maximum absolute atomic E-state index is 13.9. The molecule has 0 aromatic heterocycles. The summed E-state index contributed by atoms with van der Waals surface area (Å²) >= 11 is 0. The van der Waals surface area contributed by atoms with Crippen LogP contribution in [-0.4, -0.2) is 98.1 Å². The number of carbonyl (C=O) groups excluding carboxylic acids is 3. The Morgan fingerprint density at radius 2 is 1.95 bits per heavy atom. The van der Waals surface area contributed by atoms with Crippen molar-refractivity contribution < 1.29 is 43.5 Å². The Labute approximate surface area is 244 Å². The van der Waals surface area contributed by atoms with E-state index in [1.165, 1.54) is 13.2 Å². The number of ether oxygens (including phenoxy) is 4. The largest absolute Gasteiger partial charge is 0.496 e. The first kappa shape index (κ1) is 29.6. The van der Waals surface area contributed by atoms with E-state index in [0.29, 0.717) is 54.1 Å². The van der Waals surface area contributed by atoms with Crippen molar-refractivity contribution in [3.63, 3.8) is 0 Å². The number of rotatable bonds is 11. The first-order valence-electron chi connectivity index (χ1n) is 14.1. The van der Waals surface area contributed by atoms with Gasteiger partial charge in [-0.15, -0.1) is 0 Å². The highest BCUT2D eigenvalue weighted by Gasteiger charge is 2.52. The van der Waals surface area contributed by atoms with Crippen LogP contribution in [0.2, 0.25) is 0 Å². The van der Waals surface area contributed by atoms with Crippen LogP contribution < -0.4 is 19.5 Å². The standard InChI is InChI=1S/C31H36N2O9/c1-39-23-7-4-3-6-19(23)9-11-33(31(38)24-8-5-13-41-24)22-16-21(30(37)32-10-12-34)26-20-14-18(17-35)15-25(40-2)28(20)42-29(26)27(22)36/h3-4,6-7,14-17,22,24,26-27,29,34,36H,5,8-13H2,1-2H3,(H,32,37)/t22-,24?,26+,27+,29+/m1/s1. The predicted octanol–water partition coefficient (Wildman–Crippen LogP) is 1.39. The third-order valence-electron chi connectivity index (χ3n) is 8.07. The molecular weight excluding hydrogens is 544 g/mol. The quantitative estimate of drug-likeness (QED) is 0.336. The van der Waals surface area contributed by atoms with Crippen molar-refractivity contribution in [2.75, 3.05) is 40.5 Å². The van der Waals surface area contributed by atoms with Crippen LogP contribution in [0.25, 0.3) is 0 Å². The minimum Gasteiger partial charge on any atom is -0.496 e. The number of nitrogens with one attached hydrogen (secondary N) is 1. The summed E-state index contributed by atoms with van der Waals surface area (Å²) in [4.78, 5) is 40.7. The second-order valence-corrected chi connectivity index (χ2v) is 10.5. The highest BCUT2D eigenvalue weighted by atomic mass is 16.5. The third-order valence-corrected chi connectivity index (χ3v) is 8.07. The first-order valence-corrected chi connectivity index (χ1v) is 14.1. The van der Waals surface area contributed by atoms with Gasteiger partial charge in [-0.2, -0.15) is 0 Å². The smallest absolute Gasteiger partial charge is 0.252 e. The fourth-order valence-corrected chi connectivity index (χ4v) is 6.07. The molecule has 2 heterocycles. The van der Waals surface area contributed by atoms with Gasteiger partial charge in [-0.1, -0.05) is 18.2 Å². The van der Waals surface area contributed by atoms with Gasteiger partial charge in [0.15, 0.2) is 11.5 Å². The molecule has 1 saturated heterocycles. The van der Waals surface area contributed by atoms with Gasteiger partial charge in [0.25, 0.3) is 5.91 Å². The minimum absolute atomic E-state index is 0.0125. The minimum atomic E-state index is -1.23. The molecule has 0 radical (unpaired) electrons. The normalized spacial score (nSPS) is 24.1. The number of carbonyl (C=O) groups is 3. The predicted molar refractivity (Wildman–Crippen MR) is 151 cm³/mol. The Morgan fingerprint density at radius 1 is 1.17 bits per heavy atom. The molecule has 2 amide bonds. The van der Waals surface area contributed by atoms with E-state index in [2.05, 4.69) is 5.32 Å². The maximum atomic E-state index is 13.9. The Bertz CT molecular complexity index is 1350. The van der Waals surface area contributed by atoms with E-state index in [9.17, 15) is 24.6 Å². The van der Waals surface area contributed by atoms with E-state index in [4.69, 9.17) is 18.9 Å². The average Bonchev–Trinajstić information content (AvgIpc) is 3.69. The van der Waals surface area contributed by atoms with E-state index in [0.717, 1.165) is 12.0 Å². The molecule has 0 saturated carbocycles. The lowest BCUT2D eigenvalue weighted by Crippen LogP contribution is -2.57. The number of hydrogen-bond acceptors (Lipinski definition) is 9. The molecule has 5 atom stereocenters. The SMILES string of the molecule is COc1ccccc1CCN(C(=O)C1CCCO1)[C@@H]1C=C(C(=O)NCCO)[C@@H]2c3cc(C=O)cc(OC)c3O[C@@H]2[C@H]1O. The summed E-state index contributed by atoms with van der Waals surface area (Å²) in [6.45, 7) is 0.429. The molecule has 0 spiro atoms. The summed E-state index contributed by atoms with van der Waals surface area (Å²) in [5.74, 6) is -0.202. The molecule has 1 aliphatic carbocycles. The van der Waals surface area contributed by atoms with E-state index < -0.39 is 36.2 Å². The molecule has 224 valence electrons. The van der Waals surface area contributed by atoms with E-state index in [1.54, 1.807) is 24.2 Å². The van der Waals surface area contributed by atoms with Gasteiger partial charge >= 0.3 is 0 Å². The topological polar surface area (TPSA) is 144 Å². The van der Waals surface area contributed by atoms with Crippen molar-refractivity contribution >= 4 is 18.1 Å². The van der Waals surface area contributed by atoms with Gasteiger partial charge in [0.2, 0.25) is 5.91 Å². The highest BCUT2D eigenvalue weighted by molar-refractivity contribution is 5.96. The van der Waals surface area contributed by atoms with Gasteiger partial charge in [-0.25, -0.2) is 0 Å². The number of aliphatic hydroxyl groups is 2. The molecule has 42 heavy (non-hydrogen) atoms. The zero-order chi connectivity index (χ0) is 29.8. The van der Waals surface area contributed by atoms with Crippen LogP contribution in [0, 0.1) is 0 Å². The molecular formula is C31H36N2O9. The lowest BCUT2D eigenvalue weighted by molar-refractivity contribution is -0.146. The van der Waals surface area contributed by atoms with Crippen molar-refractivity contribution in [1.29, 1.82) is 0 Å². The molecule has 5 rings (SSSR count). The molecule has 2 aliphatic heterocycles. The second kappa shape index (κ2) is 12.9. The summed E-state index contributed by atoms with van der Waals surface area (Å²) in [7, 11) is 3.03. The summed E-state index contributed by atoms with van der Waals surface area (Å²) < 4.78 is 23.0. The number of nitrogens with zero attached hydrogens (tertiary/aromatic N) is 1. The molecule has 1 unspecified atom stereocenters. The van der Waals surface area contributed by atoms with Crippen LogP contribution >= 0.6 is 0 Å². The summed E-state index contributed by atoms with van der Waals surface area (Å²) in [6.07, 6.45) is 1.16. The molecule has 2 aromatic carbocycles. The molecule has 11 heteroatoms. The van der Waals surface area contributed by atoms with Crippen molar-refractivity contribution in [1.82, 2.24) is 10.2 Å². The number of aliphatic hydroxyl groups excluding tert-OH is 2. The Morgan fingerprint density at radius 3 is 2.64 bits per heavy atom. The Balaban J connectivity index is 1.56. The Hall–Kier alpha value is -3.93. The highest BCUT2D eigenvalue weighted by Crippen LogP contribution is 2.51. The van der Waals surface area contributed by atoms with Crippen molar-refractivity contribution in [2.45, 2.75) is 49.5 Å². The van der Waals surface area contributed by atoms with Crippen LogP contribution in [0.5, 0.6) is 17.2 Å². The molecule has 3 N–H and O–H groups in total. The molecule has 11 nitrogen and oxygen atoms in total. The molecule has 2 aromatic rings. The number of amides is 2. The third kappa shape index (κ3) is 5.59. The number of benzene rings is 2. The van der Waals surface area contributed by atoms with E-state index in [-0.39, 0.29) is 31.2 Å².